The van der Waals surface area contributed by atoms with Crippen LogP contribution in [0.5, 0.6) is 0 Å². The van der Waals surface area contributed by atoms with E-state index in [0.717, 1.165) is 30.4 Å². The van der Waals surface area contributed by atoms with Gasteiger partial charge in [-0.05, 0) is 36.1 Å². The van der Waals surface area contributed by atoms with E-state index in [-0.39, 0.29) is 11.9 Å². The minimum Gasteiger partial charge on any atom is -0.352 e. The molecule has 26 heavy (non-hydrogen) atoms. The van der Waals surface area contributed by atoms with E-state index in [9.17, 15) is 9.59 Å². The standard InChI is InChI=1S/C20H24ClN3O2/c21-17-12-10-16(11-13-17)19(15-7-3-1-4-8-15)24-18(25)9-5-2-6-14-23-20(22)26/h1,3-4,7-8,10-13,19H,2,5-6,9,14H2,(H,24,25)(H3,22,23,26)/t19-/m0/s1. The highest BCUT2D eigenvalue weighted by Crippen LogP contribution is 2.23. The molecule has 2 aromatic rings. The molecule has 0 aliphatic rings. The molecule has 0 radical (unpaired) electrons. The van der Waals surface area contributed by atoms with Crippen molar-refractivity contribution in [1.29, 1.82) is 0 Å². The lowest BCUT2D eigenvalue weighted by Gasteiger charge is -2.20. The third-order valence-electron chi connectivity index (χ3n) is 4.02. The molecule has 5 nitrogen and oxygen atoms in total. The molecule has 0 spiro atoms. The van der Waals surface area contributed by atoms with Crippen molar-refractivity contribution in [3.8, 4) is 0 Å². The normalized spacial score (nSPS) is 11.6. The maximum Gasteiger partial charge on any atom is 0.312 e. The quantitative estimate of drug-likeness (QED) is 0.584. The number of benzene rings is 2. The maximum atomic E-state index is 12.4. The molecule has 6 heteroatoms. The molecular formula is C20H24ClN3O2. The van der Waals surface area contributed by atoms with Crippen LogP contribution in [-0.2, 0) is 4.79 Å². The van der Waals surface area contributed by atoms with Crippen LogP contribution in [0.15, 0.2) is 54.6 Å². The summed E-state index contributed by atoms with van der Waals surface area (Å²) in [5.74, 6) is -0.00309. The van der Waals surface area contributed by atoms with Gasteiger partial charge in [0.25, 0.3) is 0 Å². The van der Waals surface area contributed by atoms with Gasteiger partial charge in [0.05, 0.1) is 6.04 Å². The van der Waals surface area contributed by atoms with E-state index in [1.165, 1.54) is 0 Å². The summed E-state index contributed by atoms with van der Waals surface area (Å²) in [5.41, 5.74) is 7.02. The predicted molar refractivity (Wildman–Crippen MR) is 104 cm³/mol. The van der Waals surface area contributed by atoms with Crippen LogP contribution in [0.4, 0.5) is 4.79 Å². The van der Waals surface area contributed by atoms with Gasteiger partial charge in [-0.15, -0.1) is 0 Å². The SMILES string of the molecule is NC(=O)NCCCCCC(=O)N[C@@H](c1ccccc1)c1ccc(Cl)cc1. The van der Waals surface area contributed by atoms with Crippen LogP contribution >= 0.6 is 11.6 Å². The highest BCUT2D eigenvalue weighted by atomic mass is 35.5. The second-order valence-electron chi connectivity index (χ2n) is 6.06. The number of hydrogen-bond donors (Lipinski definition) is 3. The van der Waals surface area contributed by atoms with Crippen molar-refractivity contribution < 1.29 is 9.59 Å². The van der Waals surface area contributed by atoms with Gasteiger partial charge in [-0.3, -0.25) is 4.79 Å². The lowest BCUT2D eigenvalue weighted by atomic mass is 9.98. The van der Waals surface area contributed by atoms with Crippen LogP contribution in [0.1, 0.15) is 42.9 Å². The van der Waals surface area contributed by atoms with Crippen molar-refractivity contribution in [1.82, 2.24) is 10.6 Å². The van der Waals surface area contributed by atoms with Gasteiger partial charge in [0, 0.05) is 18.0 Å². The third-order valence-corrected chi connectivity index (χ3v) is 4.27. The zero-order valence-corrected chi connectivity index (χ0v) is 15.3. The molecule has 2 aromatic carbocycles. The van der Waals surface area contributed by atoms with Crippen molar-refractivity contribution in [2.24, 2.45) is 5.73 Å². The van der Waals surface area contributed by atoms with Gasteiger partial charge in [-0.25, -0.2) is 4.79 Å². The number of amides is 3. The lowest BCUT2D eigenvalue weighted by molar-refractivity contribution is -0.121. The van der Waals surface area contributed by atoms with E-state index in [0.29, 0.717) is 18.0 Å². The molecule has 1 atom stereocenters. The van der Waals surface area contributed by atoms with Gasteiger partial charge >= 0.3 is 6.03 Å². The average Bonchev–Trinajstić information content (AvgIpc) is 2.64. The fourth-order valence-electron chi connectivity index (χ4n) is 2.69. The van der Waals surface area contributed by atoms with Crippen LogP contribution < -0.4 is 16.4 Å². The summed E-state index contributed by atoms with van der Waals surface area (Å²) in [6, 6.07) is 16.6. The number of urea groups is 1. The first-order chi connectivity index (χ1) is 12.6. The molecule has 0 saturated heterocycles. The summed E-state index contributed by atoms with van der Waals surface area (Å²) < 4.78 is 0. The average molecular weight is 374 g/mol. The van der Waals surface area contributed by atoms with Crippen molar-refractivity contribution in [3.05, 3.63) is 70.7 Å². The summed E-state index contributed by atoms with van der Waals surface area (Å²) in [6.07, 6.45) is 2.85. The molecule has 2 rings (SSSR count). The number of carbonyl (C=O) groups excluding carboxylic acids is 2. The topological polar surface area (TPSA) is 84.2 Å². The number of carbonyl (C=O) groups is 2. The first-order valence-electron chi connectivity index (χ1n) is 8.69. The fraction of sp³-hybridized carbons (Fsp3) is 0.300. The smallest absolute Gasteiger partial charge is 0.312 e. The highest BCUT2D eigenvalue weighted by Gasteiger charge is 2.16. The van der Waals surface area contributed by atoms with Crippen molar-refractivity contribution >= 4 is 23.5 Å². The van der Waals surface area contributed by atoms with E-state index in [2.05, 4.69) is 10.6 Å². The molecule has 0 heterocycles. The van der Waals surface area contributed by atoms with Crippen LogP contribution in [0.25, 0.3) is 0 Å². The molecule has 0 unspecified atom stereocenters. The summed E-state index contributed by atoms with van der Waals surface area (Å²) in [7, 11) is 0. The molecule has 0 aromatic heterocycles. The largest absolute Gasteiger partial charge is 0.352 e. The van der Waals surface area contributed by atoms with Gasteiger partial charge < -0.3 is 16.4 Å². The Balaban J connectivity index is 1.91. The summed E-state index contributed by atoms with van der Waals surface area (Å²) in [6.45, 7) is 0.536. The van der Waals surface area contributed by atoms with Gasteiger partial charge in [-0.1, -0.05) is 60.5 Å². The van der Waals surface area contributed by atoms with Gasteiger partial charge in [0.2, 0.25) is 5.91 Å². The summed E-state index contributed by atoms with van der Waals surface area (Å²) in [5, 5.41) is 6.31. The van der Waals surface area contributed by atoms with Gasteiger partial charge in [0.15, 0.2) is 0 Å². The first-order valence-corrected chi connectivity index (χ1v) is 9.07. The van der Waals surface area contributed by atoms with Crippen LogP contribution in [0.3, 0.4) is 0 Å². The predicted octanol–water partition coefficient (Wildman–Crippen LogP) is 3.77. The number of primary amides is 1. The van der Waals surface area contributed by atoms with Crippen molar-refractivity contribution in [2.75, 3.05) is 6.54 Å². The Bertz CT molecular complexity index is 705. The molecule has 0 saturated carbocycles. The lowest BCUT2D eigenvalue weighted by Crippen LogP contribution is -2.30. The Kier molecular flexibility index (Phi) is 7.96. The maximum absolute atomic E-state index is 12.4. The summed E-state index contributed by atoms with van der Waals surface area (Å²) in [4.78, 5) is 23.0. The highest BCUT2D eigenvalue weighted by molar-refractivity contribution is 6.30. The monoisotopic (exact) mass is 373 g/mol. The molecule has 4 N–H and O–H groups in total. The van der Waals surface area contributed by atoms with E-state index in [1.807, 2.05) is 54.6 Å². The Morgan fingerprint density at radius 2 is 1.58 bits per heavy atom. The Morgan fingerprint density at radius 1 is 0.923 bits per heavy atom. The molecule has 0 bridgehead atoms. The second-order valence-corrected chi connectivity index (χ2v) is 6.50. The molecule has 0 aliphatic carbocycles. The number of unbranched alkanes of at least 4 members (excludes halogenated alkanes) is 2. The van der Waals surface area contributed by atoms with Gasteiger partial charge in [-0.2, -0.15) is 0 Å². The number of hydrogen-bond acceptors (Lipinski definition) is 2. The molecule has 0 aliphatic heterocycles. The molecule has 138 valence electrons. The zero-order chi connectivity index (χ0) is 18.8. The van der Waals surface area contributed by atoms with E-state index >= 15 is 0 Å². The number of nitrogens with two attached hydrogens (primary N) is 1. The zero-order valence-electron chi connectivity index (χ0n) is 14.6. The van der Waals surface area contributed by atoms with Gasteiger partial charge in [0.1, 0.15) is 0 Å². The van der Waals surface area contributed by atoms with E-state index in [1.54, 1.807) is 0 Å². The van der Waals surface area contributed by atoms with Crippen molar-refractivity contribution in [3.63, 3.8) is 0 Å². The van der Waals surface area contributed by atoms with E-state index < -0.39 is 6.03 Å². The number of nitrogens with one attached hydrogen (secondary N) is 2. The molecular weight excluding hydrogens is 350 g/mol. The molecule has 0 fully saturated rings. The Labute approximate surface area is 158 Å². The Hall–Kier alpha value is -2.53. The second kappa shape index (κ2) is 10.5. The van der Waals surface area contributed by atoms with Crippen molar-refractivity contribution in [2.45, 2.75) is 31.7 Å². The van der Waals surface area contributed by atoms with E-state index in [4.69, 9.17) is 17.3 Å². The van der Waals surface area contributed by atoms with Crippen LogP contribution in [-0.4, -0.2) is 18.5 Å². The summed E-state index contributed by atoms with van der Waals surface area (Å²) >= 11 is 5.98. The number of rotatable bonds is 9. The van der Waals surface area contributed by atoms with Crippen LogP contribution in [0.2, 0.25) is 5.02 Å². The Morgan fingerprint density at radius 3 is 2.23 bits per heavy atom. The first kappa shape index (κ1) is 19.8. The van der Waals surface area contributed by atoms with Crippen LogP contribution in [0, 0.1) is 0 Å². The minimum absolute atomic E-state index is 0.00309. The number of halogens is 1. The fourth-order valence-corrected chi connectivity index (χ4v) is 2.82. The third kappa shape index (κ3) is 6.76. The minimum atomic E-state index is -0.517. The molecule has 3 amide bonds.